The highest BCUT2D eigenvalue weighted by Crippen LogP contribution is 2.65. The van der Waals surface area contributed by atoms with E-state index in [1.165, 1.54) is 0 Å². The number of carbonyl (C=O) groups is 3. The number of rotatable bonds is 4. The van der Waals surface area contributed by atoms with Gasteiger partial charge in [-0.1, -0.05) is 6.42 Å². The Bertz CT molecular complexity index is 756. The first-order valence-electron chi connectivity index (χ1n) is 7.46. The Kier molecular flexibility index (Phi) is 3.70. The fourth-order valence-corrected chi connectivity index (χ4v) is 3.20. The number of nitrogens with zero attached hydrogens (tertiary/aromatic N) is 1. The zero-order valence-corrected chi connectivity index (χ0v) is 12.6. The number of hydrazine groups is 1. The third-order valence-corrected chi connectivity index (χ3v) is 4.84. The third-order valence-electron chi connectivity index (χ3n) is 4.84. The topological polar surface area (TPSA) is 139 Å². The molecule has 0 aliphatic heterocycles. The van der Waals surface area contributed by atoms with Crippen LogP contribution in [0.3, 0.4) is 0 Å². The van der Waals surface area contributed by atoms with Crippen LogP contribution in [0.4, 0.5) is 5.69 Å². The van der Waals surface area contributed by atoms with Crippen molar-refractivity contribution in [2.45, 2.75) is 25.7 Å². The number of hydrogen-bond donors (Lipinski definition) is 3. The Labute approximate surface area is 136 Å². The van der Waals surface area contributed by atoms with Crippen LogP contribution in [0.1, 0.15) is 46.4 Å². The van der Waals surface area contributed by atoms with Gasteiger partial charge in [-0.2, -0.15) is 0 Å². The predicted molar refractivity (Wildman–Crippen MR) is 80.1 cm³/mol. The van der Waals surface area contributed by atoms with E-state index >= 15 is 0 Å². The number of hydrogen-bond acceptors (Lipinski definition) is 5. The molecular weight excluding hydrogens is 318 g/mol. The van der Waals surface area contributed by atoms with Crippen LogP contribution in [0.25, 0.3) is 0 Å². The van der Waals surface area contributed by atoms with Crippen molar-refractivity contribution < 1.29 is 24.4 Å². The molecule has 2 amide bonds. The molecular formula is C15H15N3O6. The molecule has 1 aromatic carbocycles. The molecule has 2 aliphatic rings. The minimum atomic E-state index is -1.47. The van der Waals surface area contributed by atoms with Crippen molar-refractivity contribution in [2.24, 2.45) is 11.3 Å². The maximum Gasteiger partial charge on any atom is 0.336 e. The number of carboxylic acid groups (broad SMARTS) is 1. The predicted octanol–water partition coefficient (Wildman–Crippen LogP) is 1.24. The van der Waals surface area contributed by atoms with Crippen molar-refractivity contribution in [3.05, 3.63) is 39.4 Å². The number of carboxylic acids is 1. The number of nitrogens with one attached hydrogen (secondary N) is 2. The van der Waals surface area contributed by atoms with Crippen LogP contribution >= 0.6 is 0 Å². The molecule has 0 aromatic heterocycles. The number of aromatic carboxylic acids is 1. The highest BCUT2D eigenvalue weighted by atomic mass is 16.6. The van der Waals surface area contributed by atoms with Crippen LogP contribution in [0, 0.1) is 21.4 Å². The molecule has 9 nitrogen and oxygen atoms in total. The van der Waals surface area contributed by atoms with Crippen LogP contribution in [0.5, 0.6) is 0 Å². The van der Waals surface area contributed by atoms with E-state index in [1.54, 1.807) is 0 Å². The molecule has 2 saturated carbocycles. The fourth-order valence-electron chi connectivity index (χ4n) is 3.20. The number of benzene rings is 1. The van der Waals surface area contributed by atoms with Gasteiger partial charge in [-0.15, -0.1) is 0 Å². The van der Waals surface area contributed by atoms with E-state index in [9.17, 15) is 24.5 Å². The fraction of sp³-hybridized carbons (Fsp3) is 0.400. The van der Waals surface area contributed by atoms with Crippen molar-refractivity contribution in [3.63, 3.8) is 0 Å². The van der Waals surface area contributed by atoms with E-state index in [-0.39, 0.29) is 22.8 Å². The molecule has 2 fully saturated rings. The first kappa shape index (κ1) is 15.9. The molecule has 2 aliphatic carbocycles. The molecule has 0 bridgehead atoms. The van der Waals surface area contributed by atoms with Gasteiger partial charge in [0.05, 0.1) is 16.1 Å². The first-order valence-corrected chi connectivity index (χ1v) is 7.46. The summed E-state index contributed by atoms with van der Waals surface area (Å²) in [6, 6.07) is 2.89. The van der Waals surface area contributed by atoms with E-state index in [2.05, 4.69) is 10.9 Å². The van der Waals surface area contributed by atoms with Crippen molar-refractivity contribution in [1.82, 2.24) is 10.9 Å². The lowest BCUT2D eigenvalue weighted by Crippen LogP contribution is -2.44. The van der Waals surface area contributed by atoms with Gasteiger partial charge in [-0.25, -0.2) is 4.79 Å². The molecule has 1 unspecified atom stereocenters. The normalized spacial score (nSPS) is 19.9. The lowest BCUT2D eigenvalue weighted by atomic mass is 9.80. The molecule has 3 rings (SSSR count). The van der Waals surface area contributed by atoms with Gasteiger partial charge < -0.3 is 5.11 Å². The molecule has 0 radical (unpaired) electrons. The van der Waals surface area contributed by atoms with Crippen LogP contribution in [0.15, 0.2) is 18.2 Å². The van der Waals surface area contributed by atoms with E-state index in [0.29, 0.717) is 0 Å². The van der Waals surface area contributed by atoms with Gasteiger partial charge >= 0.3 is 5.97 Å². The van der Waals surface area contributed by atoms with Crippen molar-refractivity contribution in [1.29, 1.82) is 0 Å². The molecule has 3 N–H and O–H groups in total. The number of amides is 2. The summed E-state index contributed by atoms with van der Waals surface area (Å²) < 4.78 is 0. The second-order valence-electron chi connectivity index (χ2n) is 6.21. The molecule has 0 heterocycles. The van der Waals surface area contributed by atoms with Gasteiger partial charge in [0, 0.05) is 18.1 Å². The number of non-ortho nitro benzene ring substituents is 1. The Balaban J connectivity index is 1.67. The summed E-state index contributed by atoms with van der Waals surface area (Å²) in [4.78, 5) is 45.2. The third kappa shape index (κ3) is 2.68. The van der Waals surface area contributed by atoms with Crippen molar-refractivity contribution in [3.8, 4) is 0 Å². The van der Waals surface area contributed by atoms with Gasteiger partial charge in [-0.05, 0) is 30.7 Å². The van der Waals surface area contributed by atoms with E-state index in [1.807, 2.05) is 0 Å². The molecule has 1 spiro atoms. The molecule has 9 heteroatoms. The maximum atomic E-state index is 12.1. The highest BCUT2D eigenvalue weighted by molar-refractivity contribution is 6.05. The zero-order chi connectivity index (χ0) is 17.5. The molecule has 1 aromatic rings. The minimum Gasteiger partial charge on any atom is -0.478 e. The summed E-state index contributed by atoms with van der Waals surface area (Å²) >= 11 is 0. The van der Waals surface area contributed by atoms with Gasteiger partial charge in [0.1, 0.15) is 0 Å². The first-order chi connectivity index (χ1) is 11.3. The Hall–Kier alpha value is -2.97. The quantitative estimate of drug-likeness (QED) is 0.560. The summed E-state index contributed by atoms with van der Waals surface area (Å²) in [5.41, 5.74) is 3.39. The SMILES string of the molecule is O=C(O)c1cc([N+](=O)[O-])ccc1C(=O)NNC(=O)C1CC12CCC2. The highest BCUT2D eigenvalue weighted by Gasteiger charge is 2.60. The Morgan fingerprint density at radius 3 is 2.42 bits per heavy atom. The average molecular weight is 333 g/mol. The average Bonchev–Trinajstić information content (AvgIpc) is 3.27. The lowest BCUT2D eigenvalue weighted by molar-refractivity contribution is -0.384. The van der Waals surface area contributed by atoms with Crippen molar-refractivity contribution in [2.75, 3.05) is 0 Å². The Morgan fingerprint density at radius 1 is 1.21 bits per heavy atom. The summed E-state index contributed by atoms with van der Waals surface area (Å²) in [5.74, 6) is -2.70. The number of nitro benzene ring substituents is 1. The standard InChI is InChI=1S/C15H15N3O6/c19-12(16-17-13(20)11-7-15(11)4-1-5-15)9-3-2-8(18(23)24)6-10(9)14(21)22/h2-3,6,11H,1,4-5,7H2,(H,16,19)(H,17,20)(H,21,22). The smallest absolute Gasteiger partial charge is 0.336 e. The van der Waals surface area contributed by atoms with E-state index in [4.69, 9.17) is 5.11 Å². The largest absolute Gasteiger partial charge is 0.478 e. The zero-order valence-electron chi connectivity index (χ0n) is 12.6. The van der Waals surface area contributed by atoms with Gasteiger partial charge in [0.2, 0.25) is 5.91 Å². The molecule has 0 saturated heterocycles. The van der Waals surface area contributed by atoms with Crippen molar-refractivity contribution >= 4 is 23.5 Å². The van der Waals surface area contributed by atoms with E-state index in [0.717, 1.165) is 43.9 Å². The summed E-state index contributed by atoms with van der Waals surface area (Å²) in [7, 11) is 0. The van der Waals surface area contributed by atoms with Gasteiger partial charge in [0.25, 0.3) is 11.6 Å². The van der Waals surface area contributed by atoms with Crippen LogP contribution < -0.4 is 10.9 Å². The second kappa shape index (κ2) is 5.59. The summed E-state index contributed by atoms with van der Waals surface area (Å²) in [6.07, 6.45) is 3.96. The van der Waals surface area contributed by atoms with E-state index < -0.39 is 28.1 Å². The lowest BCUT2D eigenvalue weighted by Gasteiger charge is -2.26. The molecule has 126 valence electrons. The summed E-state index contributed by atoms with van der Waals surface area (Å²) in [5, 5.41) is 19.8. The number of nitro groups is 1. The maximum absolute atomic E-state index is 12.1. The second-order valence-corrected chi connectivity index (χ2v) is 6.21. The molecule has 1 atom stereocenters. The van der Waals surface area contributed by atoms with Gasteiger partial charge in [0.15, 0.2) is 0 Å². The monoisotopic (exact) mass is 333 g/mol. The number of carbonyl (C=O) groups excluding carboxylic acids is 2. The van der Waals surface area contributed by atoms with Crippen LogP contribution in [0.2, 0.25) is 0 Å². The summed E-state index contributed by atoms with van der Waals surface area (Å²) in [6.45, 7) is 0. The molecule has 24 heavy (non-hydrogen) atoms. The van der Waals surface area contributed by atoms with Crippen LogP contribution in [-0.2, 0) is 4.79 Å². The minimum absolute atomic E-state index is 0.106. The Morgan fingerprint density at radius 2 is 1.92 bits per heavy atom. The van der Waals surface area contributed by atoms with Gasteiger partial charge in [-0.3, -0.25) is 30.6 Å². The van der Waals surface area contributed by atoms with Crippen LogP contribution in [-0.4, -0.2) is 27.8 Å².